The van der Waals surface area contributed by atoms with E-state index in [0.717, 1.165) is 45.2 Å². The molecule has 6 unspecified atom stereocenters. The van der Waals surface area contributed by atoms with Gasteiger partial charge >= 0.3 is 6.09 Å². The van der Waals surface area contributed by atoms with Crippen molar-refractivity contribution in [1.82, 2.24) is 35.8 Å². The van der Waals surface area contributed by atoms with Crippen LogP contribution in [-0.4, -0.2) is 104 Å². The largest absolute Gasteiger partial charge is 0.441 e. The molecule has 4 heterocycles. The molecule has 0 aromatic carbocycles. The van der Waals surface area contributed by atoms with E-state index in [9.17, 15) is 13.2 Å². The molecule has 4 N–H and O–H groups in total. The summed E-state index contributed by atoms with van der Waals surface area (Å²) in [4.78, 5) is 14.2. The maximum atomic E-state index is 13.3. The molecule has 6 atom stereocenters. The fraction of sp³-hybridized carbons (Fsp3) is 0.952. The van der Waals surface area contributed by atoms with E-state index in [1.165, 1.54) is 0 Å². The highest BCUT2D eigenvalue weighted by atomic mass is 32.2. The number of hydrogen-bond donors (Lipinski definition) is 4. The van der Waals surface area contributed by atoms with Crippen molar-refractivity contribution in [3.8, 4) is 0 Å². The fourth-order valence-electron chi connectivity index (χ4n) is 6.37. The molecule has 0 aromatic rings. The van der Waals surface area contributed by atoms with Gasteiger partial charge in [0, 0.05) is 44.8 Å². The van der Waals surface area contributed by atoms with Crippen LogP contribution in [0.2, 0.25) is 0 Å². The Kier molecular flexibility index (Phi) is 6.38. The summed E-state index contributed by atoms with van der Waals surface area (Å²) in [6, 6.07) is 0.249. The number of cyclic esters (lactones) is 1. The van der Waals surface area contributed by atoms with Crippen LogP contribution in [0.25, 0.3) is 0 Å². The number of carbonyl (C=O) groups is 1. The Labute approximate surface area is 196 Å². The molecule has 5 aliphatic rings. The van der Waals surface area contributed by atoms with Gasteiger partial charge < -0.3 is 15.0 Å². The maximum absolute atomic E-state index is 13.3. The van der Waals surface area contributed by atoms with Crippen LogP contribution in [0.15, 0.2) is 0 Å². The summed E-state index contributed by atoms with van der Waals surface area (Å²) >= 11 is 0. The lowest BCUT2D eigenvalue weighted by Gasteiger charge is -2.39. The molecular weight excluding hydrogens is 446 g/mol. The predicted octanol–water partition coefficient (Wildman–Crippen LogP) is -0.609. The molecule has 1 amide bonds. The van der Waals surface area contributed by atoms with Crippen molar-refractivity contribution in [2.75, 3.05) is 39.8 Å². The van der Waals surface area contributed by atoms with E-state index in [1.807, 2.05) is 30.8 Å². The number of piperidine rings is 1. The lowest BCUT2D eigenvalue weighted by Crippen LogP contribution is -2.57. The number of likely N-dealkylation sites (N-methyl/N-ethyl adjacent to an activating group) is 1. The number of rotatable bonds is 5. The number of fused-ring (bicyclic) bond motifs is 1. The highest BCUT2D eigenvalue weighted by Crippen LogP contribution is 2.32. The molecule has 33 heavy (non-hydrogen) atoms. The van der Waals surface area contributed by atoms with Gasteiger partial charge in [-0.15, -0.1) is 0 Å². The monoisotopic (exact) mass is 485 g/mol. The second-order valence-corrected chi connectivity index (χ2v) is 13.0. The number of carbonyl (C=O) groups excluding carboxylic acids is 1. The summed E-state index contributed by atoms with van der Waals surface area (Å²) in [6.07, 6.45) is 4.42. The molecule has 0 spiro atoms. The number of nitrogens with one attached hydrogen (secondary N) is 4. The fourth-order valence-corrected chi connectivity index (χ4v) is 7.89. The van der Waals surface area contributed by atoms with E-state index in [4.69, 9.17) is 4.74 Å². The molecular formula is C21H39N7O4S. The van der Waals surface area contributed by atoms with Gasteiger partial charge in [0.25, 0.3) is 0 Å². The van der Waals surface area contributed by atoms with Crippen molar-refractivity contribution in [3.05, 3.63) is 0 Å². The summed E-state index contributed by atoms with van der Waals surface area (Å²) in [5.74, 6) is 0.500. The van der Waals surface area contributed by atoms with Gasteiger partial charge in [0.1, 0.15) is 10.9 Å². The third-order valence-corrected chi connectivity index (χ3v) is 9.86. The third kappa shape index (κ3) is 4.75. The Morgan fingerprint density at radius 3 is 2.73 bits per heavy atom. The molecule has 12 heteroatoms. The molecule has 11 nitrogen and oxygen atoms in total. The lowest BCUT2D eigenvalue weighted by molar-refractivity contribution is 0.0734. The van der Waals surface area contributed by atoms with Crippen LogP contribution in [0.4, 0.5) is 4.79 Å². The van der Waals surface area contributed by atoms with Crippen LogP contribution >= 0.6 is 0 Å². The number of hydrazine groups is 2. The average Bonchev–Trinajstić information content (AvgIpc) is 3.46. The highest BCUT2D eigenvalue weighted by molar-refractivity contribution is 7.90. The van der Waals surface area contributed by atoms with Gasteiger partial charge in [-0.05, 0) is 52.0 Å². The molecule has 5 rings (SSSR count). The molecule has 0 radical (unpaired) electrons. The van der Waals surface area contributed by atoms with Crippen molar-refractivity contribution < 1.29 is 17.9 Å². The van der Waals surface area contributed by atoms with Crippen LogP contribution in [-0.2, 0) is 14.8 Å². The summed E-state index contributed by atoms with van der Waals surface area (Å²) in [7, 11) is -1.46. The standard InChI is InChI=1S/C21H39N7O4S/c1-21(2)13-27(20(29)32-21)15-7-8-22-18(9-15)28-12-16(11-24-28)33(30,31)25-17-6-4-5-14-10-23-26(3)19(14)17/h14-19,22-25H,4-13H2,1-3H3. The predicted molar refractivity (Wildman–Crippen MR) is 123 cm³/mol. The van der Waals surface area contributed by atoms with Gasteiger partial charge in [0.15, 0.2) is 0 Å². The minimum atomic E-state index is -3.47. The van der Waals surface area contributed by atoms with E-state index >= 15 is 0 Å². The Morgan fingerprint density at radius 2 is 1.97 bits per heavy atom. The number of sulfonamides is 1. The van der Waals surface area contributed by atoms with E-state index in [1.54, 1.807) is 0 Å². The zero-order valence-corrected chi connectivity index (χ0v) is 20.7. The zero-order chi connectivity index (χ0) is 23.4. The summed E-state index contributed by atoms with van der Waals surface area (Å²) in [6.45, 7) is 6.97. The van der Waals surface area contributed by atoms with E-state index in [0.29, 0.717) is 25.6 Å². The van der Waals surface area contributed by atoms with E-state index in [-0.39, 0.29) is 30.4 Å². The van der Waals surface area contributed by atoms with Gasteiger partial charge in [0.05, 0.1) is 12.7 Å². The quantitative estimate of drug-likeness (QED) is 0.404. The van der Waals surface area contributed by atoms with Gasteiger partial charge in [-0.25, -0.2) is 28.0 Å². The van der Waals surface area contributed by atoms with Crippen LogP contribution in [0.3, 0.4) is 0 Å². The SMILES string of the molecule is CN1NCC2CCCC(NS(=O)(=O)C3CNN(C4CC(N5CC(C)(C)OC5=O)CCN4)C3)C21. The van der Waals surface area contributed by atoms with Crippen LogP contribution in [0.1, 0.15) is 46.0 Å². The smallest absolute Gasteiger partial charge is 0.410 e. The number of hydrogen-bond acceptors (Lipinski definition) is 9. The number of nitrogens with zero attached hydrogens (tertiary/aromatic N) is 3. The van der Waals surface area contributed by atoms with Crippen LogP contribution < -0.4 is 20.9 Å². The molecule has 0 bridgehead atoms. The second kappa shape index (κ2) is 8.89. The topological polar surface area (TPSA) is 118 Å². The minimum absolute atomic E-state index is 0.0234. The summed E-state index contributed by atoms with van der Waals surface area (Å²) in [5.41, 5.74) is 6.21. The van der Waals surface area contributed by atoms with Crippen LogP contribution in [0.5, 0.6) is 0 Å². The molecule has 5 fully saturated rings. The average molecular weight is 486 g/mol. The molecule has 1 aliphatic carbocycles. The molecule has 1 saturated carbocycles. The number of ether oxygens (including phenoxy) is 1. The van der Waals surface area contributed by atoms with Crippen molar-refractivity contribution >= 4 is 16.1 Å². The minimum Gasteiger partial charge on any atom is -0.441 e. The van der Waals surface area contributed by atoms with Crippen molar-refractivity contribution in [2.45, 2.75) is 81.1 Å². The second-order valence-electron chi connectivity index (χ2n) is 11.0. The normalized spacial score (nSPS) is 40.2. The first-order chi connectivity index (χ1) is 15.6. The zero-order valence-electron chi connectivity index (χ0n) is 19.9. The van der Waals surface area contributed by atoms with Crippen molar-refractivity contribution in [1.29, 1.82) is 0 Å². The molecule has 188 valence electrons. The summed E-state index contributed by atoms with van der Waals surface area (Å²) < 4.78 is 35.2. The number of amides is 1. The Bertz CT molecular complexity index is 854. The molecule has 4 aliphatic heterocycles. The van der Waals surface area contributed by atoms with Gasteiger partial charge in [-0.1, -0.05) is 6.42 Å². The lowest BCUT2D eigenvalue weighted by atomic mass is 9.82. The van der Waals surface area contributed by atoms with Gasteiger partial charge in [0.2, 0.25) is 10.0 Å². The van der Waals surface area contributed by atoms with Gasteiger partial charge in [-0.3, -0.25) is 10.9 Å². The molecule has 0 aromatic heterocycles. The first-order valence-corrected chi connectivity index (χ1v) is 13.9. The van der Waals surface area contributed by atoms with Gasteiger partial charge in [-0.2, -0.15) is 0 Å². The molecule has 4 saturated heterocycles. The highest BCUT2D eigenvalue weighted by Gasteiger charge is 2.46. The van der Waals surface area contributed by atoms with Crippen molar-refractivity contribution in [2.24, 2.45) is 5.92 Å². The Hall–Kier alpha value is -1.02. The first-order valence-electron chi connectivity index (χ1n) is 12.3. The van der Waals surface area contributed by atoms with E-state index < -0.39 is 20.9 Å². The third-order valence-electron chi connectivity index (χ3n) is 8.03. The van der Waals surface area contributed by atoms with Crippen molar-refractivity contribution in [3.63, 3.8) is 0 Å². The first kappa shape index (κ1) is 23.7. The van der Waals surface area contributed by atoms with E-state index in [2.05, 4.69) is 25.9 Å². The van der Waals surface area contributed by atoms with Crippen LogP contribution in [0, 0.1) is 5.92 Å². The summed E-state index contributed by atoms with van der Waals surface area (Å²) in [5, 5.41) is 7.09. The Balaban J connectivity index is 1.19. The Morgan fingerprint density at radius 1 is 1.15 bits per heavy atom. The maximum Gasteiger partial charge on any atom is 0.410 e.